The molecule has 9 heteroatoms. The van der Waals surface area contributed by atoms with Gasteiger partial charge >= 0.3 is 6.03 Å². The van der Waals surface area contributed by atoms with Gasteiger partial charge in [0.2, 0.25) is 5.13 Å². The van der Waals surface area contributed by atoms with Gasteiger partial charge < -0.3 is 5.32 Å². The molecule has 1 aliphatic rings. The van der Waals surface area contributed by atoms with Crippen LogP contribution >= 0.6 is 11.3 Å². The molecule has 17 heavy (non-hydrogen) atoms. The first-order valence-electron chi connectivity index (χ1n) is 5.03. The molecule has 0 aliphatic carbocycles. The molecule has 2 heterocycles. The van der Waals surface area contributed by atoms with Crippen molar-refractivity contribution in [3.05, 3.63) is 5.01 Å². The summed E-state index contributed by atoms with van der Waals surface area (Å²) in [5, 5.41) is 13.8. The number of hydrogen-bond donors (Lipinski definition) is 2. The summed E-state index contributed by atoms with van der Waals surface area (Å²) in [6.07, 6.45) is 0.463. The van der Waals surface area contributed by atoms with Crippen LogP contribution in [0.25, 0.3) is 0 Å². The molecule has 0 spiro atoms. The molecule has 1 aromatic heterocycles. The SMILES string of the molecule is Cc1nnc(NC(=O)N[C@H]2CCS(=O)(=O)C2)s1. The van der Waals surface area contributed by atoms with Crippen LogP contribution in [-0.2, 0) is 9.84 Å². The van der Waals surface area contributed by atoms with Gasteiger partial charge in [-0.05, 0) is 13.3 Å². The third-order valence-electron chi connectivity index (χ3n) is 2.31. The number of nitrogens with one attached hydrogen (secondary N) is 2. The summed E-state index contributed by atoms with van der Waals surface area (Å²) < 4.78 is 22.4. The first kappa shape index (κ1) is 12.2. The Bertz CT molecular complexity index is 525. The predicted octanol–water partition coefficient (Wildman–Crippen LogP) is 0.155. The number of amides is 2. The van der Waals surface area contributed by atoms with Crippen LogP contribution in [0.15, 0.2) is 0 Å². The summed E-state index contributed by atoms with van der Waals surface area (Å²) in [5.41, 5.74) is 0. The largest absolute Gasteiger partial charge is 0.334 e. The van der Waals surface area contributed by atoms with Gasteiger partial charge in [-0.1, -0.05) is 11.3 Å². The molecule has 0 saturated carbocycles. The maximum Gasteiger partial charge on any atom is 0.321 e. The smallest absolute Gasteiger partial charge is 0.321 e. The molecular formula is C8H12N4O3S2. The number of carbonyl (C=O) groups is 1. The second kappa shape index (κ2) is 4.57. The summed E-state index contributed by atoms with van der Waals surface area (Å²) in [5.74, 6) is 0.144. The molecule has 1 fully saturated rings. The Labute approximate surface area is 103 Å². The average molecular weight is 276 g/mol. The van der Waals surface area contributed by atoms with E-state index >= 15 is 0 Å². The zero-order valence-corrected chi connectivity index (χ0v) is 10.8. The van der Waals surface area contributed by atoms with Crippen LogP contribution in [0.4, 0.5) is 9.93 Å². The molecule has 94 valence electrons. The van der Waals surface area contributed by atoms with E-state index in [-0.39, 0.29) is 17.5 Å². The van der Waals surface area contributed by atoms with Gasteiger partial charge in [0.1, 0.15) is 5.01 Å². The zero-order chi connectivity index (χ0) is 12.5. The monoisotopic (exact) mass is 276 g/mol. The minimum absolute atomic E-state index is 0.00949. The topological polar surface area (TPSA) is 101 Å². The van der Waals surface area contributed by atoms with Crippen molar-refractivity contribution in [1.29, 1.82) is 0 Å². The molecule has 2 amide bonds. The first-order chi connectivity index (χ1) is 7.94. The zero-order valence-electron chi connectivity index (χ0n) is 9.13. The van der Waals surface area contributed by atoms with E-state index in [1.54, 1.807) is 6.92 Å². The highest BCUT2D eigenvalue weighted by Crippen LogP contribution is 2.14. The number of hydrogen-bond acceptors (Lipinski definition) is 6. The molecular weight excluding hydrogens is 264 g/mol. The molecule has 1 aromatic rings. The predicted molar refractivity (Wildman–Crippen MR) is 63.9 cm³/mol. The summed E-state index contributed by atoms with van der Waals surface area (Å²) in [6.45, 7) is 1.78. The van der Waals surface area contributed by atoms with E-state index in [9.17, 15) is 13.2 Å². The van der Waals surface area contributed by atoms with E-state index in [1.165, 1.54) is 11.3 Å². The van der Waals surface area contributed by atoms with Gasteiger partial charge in [-0.15, -0.1) is 10.2 Å². The third-order valence-corrected chi connectivity index (χ3v) is 4.84. The normalized spacial score (nSPS) is 22.3. The lowest BCUT2D eigenvalue weighted by Gasteiger charge is -2.09. The van der Waals surface area contributed by atoms with Crippen LogP contribution in [-0.4, -0.2) is 42.2 Å². The molecule has 1 aliphatic heterocycles. The lowest BCUT2D eigenvalue weighted by atomic mass is 10.3. The third kappa shape index (κ3) is 3.37. The van der Waals surface area contributed by atoms with E-state index in [1.807, 2.05) is 0 Å². The molecule has 0 bridgehead atoms. The minimum Gasteiger partial charge on any atom is -0.334 e. The summed E-state index contributed by atoms with van der Waals surface area (Å²) in [4.78, 5) is 11.5. The lowest BCUT2D eigenvalue weighted by Crippen LogP contribution is -2.38. The van der Waals surface area contributed by atoms with Gasteiger partial charge in [0.05, 0.1) is 11.5 Å². The van der Waals surface area contributed by atoms with Crippen LogP contribution in [0.2, 0.25) is 0 Å². The maximum absolute atomic E-state index is 11.5. The standard InChI is InChI=1S/C8H12N4O3S2/c1-5-11-12-8(16-5)10-7(13)9-6-2-3-17(14,15)4-6/h6H,2-4H2,1H3,(H2,9,10,12,13)/t6-/m0/s1. The van der Waals surface area contributed by atoms with Crippen LogP contribution in [0.5, 0.6) is 0 Å². The van der Waals surface area contributed by atoms with E-state index < -0.39 is 15.9 Å². The van der Waals surface area contributed by atoms with Gasteiger partial charge in [0.25, 0.3) is 0 Å². The summed E-state index contributed by atoms with van der Waals surface area (Å²) in [7, 11) is -2.98. The van der Waals surface area contributed by atoms with Gasteiger partial charge in [0.15, 0.2) is 9.84 Å². The van der Waals surface area contributed by atoms with E-state index in [4.69, 9.17) is 0 Å². The summed E-state index contributed by atoms with van der Waals surface area (Å²) in [6, 6.07) is -0.753. The van der Waals surface area contributed by atoms with E-state index in [2.05, 4.69) is 20.8 Å². The molecule has 1 saturated heterocycles. The van der Waals surface area contributed by atoms with Crippen molar-refractivity contribution in [1.82, 2.24) is 15.5 Å². The number of urea groups is 1. The number of anilines is 1. The van der Waals surface area contributed by atoms with Crippen LogP contribution in [0, 0.1) is 6.92 Å². The number of aryl methyl sites for hydroxylation is 1. The Morgan fingerprint density at radius 2 is 2.24 bits per heavy atom. The lowest BCUT2D eigenvalue weighted by molar-refractivity contribution is 0.249. The quantitative estimate of drug-likeness (QED) is 0.801. The fourth-order valence-electron chi connectivity index (χ4n) is 1.57. The Balaban J connectivity index is 1.86. The molecule has 0 aromatic carbocycles. The fourth-order valence-corrected chi connectivity index (χ4v) is 3.83. The van der Waals surface area contributed by atoms with Gasteiger partial charge in [-0.2, -0.15) is 0 Å². The highest BCUT2D eigenvalue weighted by molar-refractivity contribution is 7.91. The molecule has 2 N–H and O–H groups in total. The summed E-state index contributed by atoms with van der Waals surface area (Å²) >= 11 is 1.26. The van der Waals surface area contributed by atoms with Crippen molar-refractivity contribution >= 4 is 32.3 Å². The van der Waals surface area contributed by atoms with Gasteiger partial charge in [-0.3, -0.25) is 5.32 Å². The van der Waals surface area contributed by atoms with Gasteiger partial charge in [0, 0.05) is 6.04 Å². The second-order valence-corrected chi connectivity index (χ2v) is 7.24. The molecule has 0 radical (unpaired) electrons. The second-order valence-electron chi connectivity index (χ2n) is 3.82. The molecule has 7 nitrogen and oxygen atoms in total. The van der Waals surface area contributed by atoms with E-state index in [0.29, 0.717) is 11.6 Å². The molecule has 0 unspecified atom stereocenters. The van der Waals surface area contributed by atoms with Crippen molar-refractivity contribution in [3.8, 4) is 0 Å². The Morgan fingerprint density at radius 1 is 1.47 bits per heavy atom. The number of rotatable bonds is 2. The highest BCUT2D eigenvalue weighted by Gasteiger charge is 2.28. The minimum atomic E-state index is -2.98. The maximum atomic E-state index is 11.5. The number of aromatic nitrogens is 2. The van der Waals surface area contributed by atoms with E-state index in [0.717, 1.165) is 5.01 Å². The van der Waals surface area contributed by atoms with Crippen molar-refractivity contribution < 1.29 is 13.2 Å². The van der Waals surface area contributed by atoms with Crippen LogP contribution in [0.1, 0.15) is 11.4 Å². The Kier molecular flexibility index (Phi) is 3.29. The fraction of sp³-hybridized carbons (Fsp3) is 0.625. The van der Waals surface area contributed by atoms with Crippen LogP contribution in [0.3, 0.4) is 0 Å². The number of sulfone groups is 1. The first-order valence-corrected chi connectivity index (χ1v) is 7.66. The highest BCUT2D eigenvalue weighted by atomic mass is 32.2. The average Bonchev–Trinajstić information content (AvgIpc) is 2.73. The van der Waals surface area contributed by atoms with Crippen molar-refractivity contribution in [3.63, 3.8) is 0 Å². The van der Waals surface area contributed by atoms with Crippen molar-refractivity contribution in [2.45, 2.75) is 19.4 Å². The number of nitrogens with zero attached hydrogens (tertiary/aromatic N) is 2. The van der Waals surface area contributed by atoms with Gasteiger partial charge in [-0.25, -0.2) is 13.2 Å². The van der Waals surface area contributed by atoms with Crippen molar-refractivity contribution in [2.75, 3.05) is 16.8 Å². The Morgan fingerprint density at radius 3 is 2.76 bits per heavy atom. The Hall–Kier alpha value is -1.22. The van der Waals surface area contributed by atoms with Crippen molar-refractivity contribution in [2.24, 2.45) is 0 Å². The number of carbonyl (C=O) groups excluding carboxylic acids is 1. The molecule has 1 atom stereocenters. The van der Waals surface area contributed by atoms with Crippen LogP contribution < -0.4 is 10.6 Å². The molecule has 2 rings (SSSR count).